The normalized spacial score (nSPS) is 10.2. The molecule has 0 spiro atoms. The first-order valence-electron chi connectivity index (χ1n) is 6.37. The number of aromatic nitrogens is 1. The van der Waals surface area contributed by atoms with Crippen molar-refractivity contribution in [3.8, 4) is 6.07 Å². The summed E-state index contributed by atoms with van der Waals surface area (Å²) in [6, 6.07) is 18.0. The molecular weight excluding hydrogens is 246 g/mol. The van der Waals surface area contributed by atoms with E-state index >= 15 is 0 Å². The third-order valence-corrected chi connectivity index (χ3v) is 3.42. The number of rotatable bonds is 2. The molecule has 0 aliphatic rings. The zero-order valence-corrected chi connectivity index (χ0v) is 11.1. The van der Waals surface area contributed by atoms with Gasteiger partial charge in [0.25, 0.3) is 0 Å². The van der Waals surface area contributed by atoms with Crippen molar-refractivity contribution in [2.75, 3.05) is 11.9 Å². The number of hydrogen-bond donors (Lipinski definition) is 0. The Morgan fingerprint density at radius 2 is 1.80 bits per heavy atom. The lowest BCUT2D eigenvalue weighted by molar-refractivity contribution is 1.18. The summed E-state index contributed by atoms with van der Waals surface area (Å²) < 4.78 is 0. The number of anilines is 2. The van der Waals surface area contributed by atoms with Crippen LogP contribution in [-0.2, 0) is 0 Å². The van der Waals surface area contributed by atoms with Crippen molar-refractivity contribution >= 4 is 22.1 Å². The monoisotopic (exact) mass is 259 g/mol. The molecule has 0 atom stereocenters. The Bertz CT molecular complexity index is 788. The lowest BCUT2D eigenvalue weighted by atomic mass is 10.0. The van der Waals surface area contributed by atoms with Crippen LogP contribution in [0.1, 0.15) is 5.56 Å². The molecule has 2 aromatic carbocycles. The van der Waals surface area contributed by atoms with Crippen LogP contribution in [0.2, 0.25) is 0 Å². The molecule has 20 heavy (non-hydrogen) atoms. The van der Waals surface area contributed by atoms with Crippen molar-refractivity contribution in [3.63, 3.8) is 0 Å². The Kier molecular flexibility index (Phi) is 3.06. The van der Waals surface area contributed by atoms with Crippen LogP contribution < -0.4 is 4.90 Å². The summed E-state index contributed by atoms with van der Waals surface area (Å²) in [5.41, 5.74) is 2.78. The Morgan fingerprint density at radius 3 is 2.50 bits per heavy atom. The van der Waals surface area contributed by atoms with Crippen LogP contribution in [0, 0.1) is 11.3 Å². The summed E-state index contributed by atoms with van der Waals surface area (Å²) in [5.74, 6) is 0. The molecule has 0 fully saturated rings. The van der Waals surface area contributed by atoms with Gasteiger partial charge < -0.3 is 4.90 Å². The van der Waals surface area contributed by atoms with Crippen LogP contribution in [-0.4, -0.2) is 12.0 Å². The van der Waals surface area contributed by atoms with Gasteiger partial charge in [-0.05, 0) is 24.3 Å². The highest BCUT2D eigenvalue weighted by molar-refractivity contribution is 5.99. The van der Waals surface area contributed by atoms with Crippen molar-refractivity contribution in [2.45, 2.75) is 0 Å². The highest BCUT2D eigenvalue weighted by Gasteiger charge is 2.10. The number of nitrogens with zero attached hydrogens (tertiary/aromatic N) is 3. The van der Waals surface area contributed by atoms with E-state index in [4.69, 9.17) is 0 Å². The topological polar surface area (TPSA) is 39.9 Å². The first-order chi connectivity index (χ1) is 9.81. The summed E-state index contributed by atoms with van der Waals surface area (Å²) in [7, 11) is 2.00. The summed E-state index contributed by atoms with van der Waals surface area (Å²) in [5, 5.41) is 11.3. The Hall–Kier alpha value is -2.86. The quantitative estimate of drug-likeness (QED) is 0.701. The van der Waals surface area contributed by atoms with E-state index in [9.17, 15) is 5.26 Å². The van der Waals surface area contributed by atoms with Crippen LogP contribution >= 0.6 is 0 Å². The van der Waals surface area contributed by atoms with Gasteiger partial charge in [-0.3, -0.25) is 4.98 Å². The van der Waals surface area contributed by atoms with E-state index in [0.717, 1.165) is 22.1 Å². The molecule has 0 unspecified atom stereocenters. The number of hydrogen-bond acceptors (Lipinski definition) is 3. The zero-order valence-electron chi connectivity index (χ0n) is 11.1. The van der Waals surface area contributed by atoms with Crippen molar-refractivity contribution in [2.24, 2.45) is 0 Å². The fourth-order valence-electron chi connectivity index (χ4n) is 2.36. The average molecular weight is 259 g/mol. The summed E-state index contributed by atoms with van der Waals surface area (Å²) >= 11 is 0. The van der Waals surface area contributed by atoms with E-state index in [-0.39, 0.29) is 0 Å². The fourth-order valence-corrected chi connectivity index (χ4v) is 2.36. The zero-order chi connectivity index (χ0) is 13.9. The molecule has 0 amide bonds. The third-order valence-electron chi connectivity index (χ3n) is 3.42. The van der Waals surface area contributed by atoms with Gasteiger partial charge in [0.2, 0.25) is 0 Å². The SMILES string of the molecule is CN(c1cccnc1)c1ccc(C#N)c2ccccc12. The second-order valence-electron chi connectivity index (χ2n) is 4.56. The van der Waals surface area contributed by atoms with E-state index in [0.29, 0.717) is 5.56 Å². The van der Waals surface area contributed by atoms with E-state index in [1.165, 1.54) is 0 Å². The average Bonchev–Trinajstić information content (AvgIpc) is 2.54. The summed E-state index contributed by atoms with van der Waals surface area (Å²) in [4.78, 5) is 6.23. The molecule has 0 aliphatic carbocycles. The first-order valence-corrected chi connectivity index (χ1v) is 6.37. The van der Waals surface area contributed by atoms with Crippen molar-refractivity contribution in [1.29, 1.82) is 5.26 Å². The van der Waals surface area contributed by atoms with E-state index in [1.54, 1.807) is 6.20 Å². The highest BCUT2D eigenvalue weighted by atomic mass is 15.1. The first kappa shape index (κ1) is 12.2. The van der Waals surface area contributed by atoms with Crippen LogP contribution in [0.15, 0.2) is 60.9 Å². The van der Waals surface area contributed by atoms with Gasteiger partial charge in [-0.1, -0.05) is 24.3 Å². The van der Waals surface area contributed by atoms with Crippen LogP contribution in [0.3, 0.4) is 0 Å². The molecule has 3 rings (SSSR count). The molecule has 96 valence electrons. The number of benzene rings is 2. The molecule has 0 saturated heterocycles. The summed E-state index contributed by atoms with van der Waals surface area (Å²) in [6.45, 7) is 0. The maximum atomic E-state index is 9.21. The van der Waals surface area contributed by atoms with Gasteiger partial charge in [0.05, 0.1) is 23.5 Å². The minimum atomic E-state index is 0.698. The molecule has 0 saturated carbocycles. The highest BCUT2D eigenvalue weighted by Crippen LogP contribution is 2.32. The van der Waals surface area contributed by atoms with Gasteiger partial charge in [-0.15, -0.1) is 0 Å². The van der Waals surface area contributed by atoms with Gasteiger partial charge >= 0.3 is 0 Å². The standard InChI is InChI=1S/C17H13N3/c1-20(14-5-4-10-19-12-14)17-9-8-13(11-18)15-6-2-3-7-16(15)17/h2-10,12H,1H3. The minimum absolute atomic E-state index is 0.698. The molecule has 1 aromatic heterocycles. The molecule has 0 radical (unpaired) electrons. The van der Waals surface area contributed by atoms with Gasteiger partial charge in [0.15, 0.2) is 0 Å². The Labute approximate surface area is 117 Å². The van der Waals surface area contributed by atoms with Crippen molar-refractivity contribution in [3.05, 3.63) is 66.5 Å². The Morgan fingerprint density at radius 1 is 1.00 bits per heavy atom. The van der Waals surface area contributed by atoms with Crippen LogP contribution in [0.25, 0.3) is 10.8 Å². The van der Waals surface area contributed by atoms with Gasteiger partial charge in [-0.25, -0.2) is 0 Å². The Balaban J connectivity index is 2.21. The maximum Gasteiger partial charge on any atom is 0.0998 e. The van der Waals surface area contributed by atoms with E-state index < -0.39 is 0 Å². The largest absolute Gasteiger partial charge is 0.343 e. The fraction of sp³-hybridized carbons (Fsp3) is 0.0588. The van der Waals surface area contributed by atoms with E-state index in [1.807, 2.05) is 61.8 Å². The second-order valence-corrected chi connectivity index (χ2v) is 4.56. The molecule has 3 aromatic rings. The molecule has 1 heterocycles. The number of pyridine rings is 1. The van der Waals surface area contributed by atoms with Gasteiger partial charge in [0, 0.05) is 29.7 Å². The lowest BCUT2D eigenvalue weighted by Crippen LogP contribution is -2.10. The van der Waals surface area contributed by atoms with Crippen molar-refractivity contribution in [1.82, 2.24) is 4.98 Å². The number of fused-ring (bicyclic) bond motifs is 1. The molecule has 0 N–H and O–H groups in total. The predicted molar refractivity (Wildman–Crippen MR) is 81.0 cm³/mol. The molecule has 3 heteroatoms. The number of nitriles is 1. The molecule has 0 bridgehead atoms. The minimum Gasteiger partial charge on any atom is -0.343 e. The van der Waals surface area contributed by atoms with Crippen LogP contribution in [0.5, 0.6) is 0 Å². The van der Waals surface area contributed by atoms with Crippen LogP contribution in [0.4, 0.5) is 11.4 Å². The maximum absolute atomic E-state index is 9.21. The second kappa shape index (κ2) is 5.02. The smallest absolute Gasteiger partial charge is 0.0998 e. The summed E-state index contributed by atoms with van der Waals surface area (Å²) in [6.07, 6.45) is 3.58. The van der Waals surface area contributed by atoms with E-state index in [2.05, 4.69) is 16.0 Å². The molecule has 3 nitrogen and oxygen atoms in total. The molecule has 0 aliphatic heterocycles. The third kappa shape index (κ3) is 1.98. The van der Waals surface area contributed by atoms with Gasteiger partial charge in [-0.2, -0.15) is 5.26 Å². The lowest BCUT2D eigenvalue weighted by Gasteiger charge is -2.21. The van der Waals surface area contributed by atoms with Crippen molar-refractivity contribution < 1.29 is 0 Å². The van der Waals surface area contributed by atoms with Gasteiger partial charge in [0.1, 0.15) is 0 Å². The predicted octanol–water partition coefficient (Wildman–Crippen LogP) is 3.87. The molecular formula is C17H13N3.